The largest absolute Gasteiger partial charge is 0.491 e. The van der Waals surface area contributed by atoms with Crippen LogP contribution in [-0.2, 0) is 9.84 Å². The molecule has 118 valence electrons. The lowest BCUT2D eigenvalue weighted by atomic mass is 9.92. The second kappa shape index (κ2) is 6.79. The predicted molar refractivity (Wildman–Crippen MR) is 85.4 cm³/mol. The molecule has 1 aromatic rings. The zero-order chi connectivity index (χ0) is 15.5. The summed E-state index contributed by atoms with van der Waals surface area (Å²) in [5.74, 6) is 1.61. The van der Waals surface area contributed by atoms with Gasteiger partial charge in [0.1, 0.15) is 5.75 Å². The molecule has 0 radical (unpaired) electrons. The first-order chi connectivity index (χ1) is 9.91. The number of hydrogen-bond donors (Lipinski definition) is 1. The summed E-state index contributed by atoms with van der Waals surface area (Å²) in [6.45, 7) is 6.87. The standard InChI is InChI=1S/C16H25NO3S/c1-4-17-16(14-9-10-21(18,19)11-14)13-5-7-15(8-6-13)20-12(2)3/h5-8,12,14,16-17H,4,9-11H2,1-3H3. The lowest BCUT2D eigenvalue weighted by Crippen LogP contribution is -2.29. The Labute approximate surface area is 127 Å². The molecule has 2 unspecified atom stereocenters. The first kappa shape index (κ1) is 16.3. The zero-order valence-electron chi connectivity index (χ0n) is 13.0. The van der Waals surface area contributed by atoms with Crippen LogP contribution >= 0.6 is 0 Å². The van der Waals surface area contributed by atoms with Crippen molar-refractivity contribution in [3.63, 3.8) is 0 Å². The average molecular weight is 311 g/mol. The molecule has 0 aliphatic carbocycles. The molecule has 0 amide bonds. The summed E-state index contributed by atoms with van der Waals surface area (Å²) in [6, 6.07) is 8.10. The number of sulfone groups is 1. The van der Waals surface area contributed by atoms with Crippen LogP contribution in [0.3, 0.4) is 0 Å². The van der Waals surface area contributed by atoms with E-state index in [1.54, 1.807) is 0 Å². The summed E-state index contributed by atoms with van der Waals surface area (Å²) in [5, 5.41) is 3.43. The molecule has 0 bridgehead atoms. The summed E-state index contributed by atoms with van der Waals surface area (Å²) in [6.07, 6.45) is 0.893. The number of benzene rings is 1. The molecule has 5 heteroatoms. The van der Waals surface area contributed by atoms with Gasteiger partial charge in [-0.1, -0.05) is 19.1 Å². The molecule has 1 heterocycles. The van der Waals surface area contributed by atoms with Crippen molar-refractivity contribution in [2.45, 2.75) is 39.3 Å². The highest BCUT2D eigenvalue weighted by Gasteiger charge is 2.34. The van der Waals surface area contributed by atoms with Crippen molar-refractivity contribution in [3.8, 4) is 5.75 Å². The normalized spacial score (nSPS) is 22.4. The Morgan fingerprint density at radius 2 is 1.95 bits per heavy atom. The summed E-state index contributed by atoms with van der Waals surface area (Å²) in [4.78, 5) is 0. The van der Waals surface area contributed by atoms with E-state index >= 15 is 0 Å². The summed E-state index contributed by atoms with van der Waals surface area (Å²) in [7, 11) is -2.86. The fourth-order valence-corrected chi connectivity index (χ4v) is 4.73. The van der Waals surface area contributed by atoms with Gasteiger partial charge in [-0.05, 0) is 50.4 Å². The maximum Gasteiger partial charge on any atom is 0.150 e. The number of ether oxygens (including phenoxy) is 1. The van der Waals surface area contributed by atoms with Crippen molar-refractivity contribution in [2.75, 3.05) is 18.1 Å². The highest BCUT2D eigenvalue weighted by Crippen LogP contribution is 2.32. The van der Waals surface area contributed by atoms with Crippen molar-refractivity contribution in [3.05, 3.63) is 29.8 Å². The monoisotopic (exact) mass is 311 g/mol. The second-order valence-corrected chi connectivity index (χ2v) is 8.16. The van der Waals surface area contributed by atoms with Crippen LogP contribution in [-0.4, -0.2) is 32.6 Å². The van der Waals surface area contributed by atoms with Gasteiger partial charge in [-0.15, -0.1) is 0 Å². The van der Waals surface area contributed by atoms with Gasteiger partial charge in [0.2, 0.25) is 0 Å². The van der Waals surface area contributed by atoms with Crippen LogP contribution in [0.25, 0.3) is 0 Å². The van der Waals surface area contributed by atoms with Gasteiger partial charge in [-0.2, -0.15) is 0 Å². The molecule has 0 aromatic heterocycles. The molecule has 21 heavy (non-hydrogen) atoms. The van der Waals surface area contributed by atoms with E-state index in [1.807, 2.05) is 45.0 Å². The molecule has 0 spiro atoms. The third kappa shape index (κ3) is 4.45. The molecule has 1 fully saturated rings. The minimum absolute atomic E-state index is 0.0976. The van der Waals surface area contributed by atoms with Crippen LogP contribution < -0.4 is 10.1 Å². The second-order valence-electron chi connectivity index (χ2n) is 5.93. The molecular formula is C16H25NO3S. The quantitative estimate of drug-likeness (QED) is 0.877. The van der Waals surface area contributed by atoms with Crippen molar-refractivity contribution in [2.24, 2.45) is 5.92 Å². The topological polar surface area (TPSA) is 55.4 Å². The molecule has 1 aliphatic heterocycles. The lowest BCUT2D eigenvalue weighted by Gasteiger charge is -2.24. The van der Waals surface area contributed by atoms with Crippen LogP contribution in [0.2, 0.25) is 0 Å². The van der Waals surface area contributed by atoms with Crippen LogP contribution in [0, 0.1) is 5.92 Å². The number of hydrogen-bond acceptors (Lipinski definition) is 4. The Hall–Kier alpha value is -1.07. The predicted octanol–water partition coefficient (Wildman–Crippen LogP) is 2.56. The van der Waals surface area contributed by atoms with E-state index in [9.17, 15) is 8.42 Å². The van der Waals surface area contributed by atoms with E-state index in [2.05, 4.69) is 5.32 Å². The summed E-state index contributed by atoms with van der Waals surface area (Å²) < 4.78 is 29.1. The third-order valence-corrected chi connectivity index (χ3v) is 5.57. The summed E-state index contributed by atoms with van der Waals surface area (Å²) in [5.41, 5.74) is 1.13. The SMILES string of the molecule is CCNC(c1ccc(OC(C)C)cc1)C1CCS(=O)(=O)C1. The highest BCUT2D eigenvalue weighted by molar-refractivity contribution is 7.91. The van der Waals surface area contributed by atoms with Crippen LogP contribution in [0.15, 0.2) is 24.3 Å². The van der Waals surface area contributed by atoms with Crippen LogP contribution in [0.4, 0.5) is 0 Å². The summed E-state index contributed by atoms with van der Waals surface area (Å²) >= 11 is 0. The first-order valence-corrected chi connectivity index (χ1v) is 9.44. The minimum Gasteiger partial charge on any atom is -0.491 e. The van der Waals surface area contributed by atoms with E-state index in [1.165, 1.54) is 0 Å². The van der Waals surface area contributed by atoms with Gasteiger partial charge < -0.3 is 10.1 Å². The van der Waals surface area contributed by atoms with Crippen molar-refractivity contribution in [1.82, 2.24) is 5.32 Å². The Bertz CT molecular complexity index is 551. The number of nitrogens with one attached hydrogen (secondary N) is 1. The molecule has 4 nitrogen and oxygen atoms in total. The van der Waals surface area contributed by atoms with E-state index < -0.39 is 9.84 Å². The maximum atomic E-state index is 11.7. The lowest BCUT2D eigenvalue weighted by molar-refractivity contribution is 0.242. The van der Waals surface area contributed by atoms with Crippen molar-refractivity contribution >= 4 is 9.84 Å². The van der Waals surface area contributed by atoms with Crippen LogP contribution in [0.1, 0.15) is 38.8 Å². The fourth-order valence-electron chi connectivity index (χ4n) is 2.89. The van der Waals surface area contributed by atoms with Crippen molar-refractivity contribution in [1.29, 1.82) is 0 Å². The molecule has 1 aliphatic rings. The van der Waals surface area contributed by atoms with Gasteiger partial charge >= 0.3 is 0 Å². The van der Waals surface area contributed by atoms with Gasteiger partial charge in [-0.3, -0.25) is 0 Å². The van der Waals surface area contributed by atoms with E-state index in [0.29, 0.717) is 5.75 Å². The van der Waals surface area contributed by atoms with E-state index in [0.717, 1.165) is 24.3 Å². The molecule has 1 aromatic carbocycles. The molecule has 0 saturated carbocycles. The van der Waals surface area contributed by atoms with Crippen LogP contribution in [0.5, 0.6) is 5.75 Å². The molecule has 2 atom stereocenters. The number of rotatable bonds is 6. The van der Waals surface area contributed by atoms with E-state index in [4.69, 9.17) is 4.74 Å². The van der Waals surface area contributed by atoms with Gasteiger partial charge in [0.15, 0.2) is 9.84 Å². The van der Waals surface area contributed by atoms with Gasteiger partial charge in [0.25, 0.3) is 0 Å². The molecule has 2 rings (SSSR count). The molecule has 1 saturated heterocycles. The third-order valence-electron chi connectivity index (χ3n) is 3.77. The smallest absolute Gasteiger partial charge is 0.150 e. The maximum absolute atomic E-state index is 11.7. The average Bonchev–Trinajstić information content (AvgIpc) is 2.77. The zero-order valence-corrected chi connectivity index (χ0v) is 13.8. The van der Waals surface area contributed by atoms with Crippen molar-refractivity contribution < 1.29 is 13.2 Å². The highest BCUT2D eigenvalue weighted by atomic mass is 32.2. The van der Waals surface area contributed by atoms with E-state index in [-0.39, 0.29) is 23.8 Å². The Morgan fingerprint density at radius 1 is 1.29 bits per heavy atom. The molecule has 1 N–H and O–H groups in total. The minimum atomic E-state index is -2.86. The Kier molecular flexibility index (Phi) is 5.27. The van der Waals surface area contributed by atoms with Gasteiger partial charge in [-0.25, -0.2) is 8.42 Å². The first-order valence-electron chi connectivity index (χ1n) is 7.61. The Balaban J connectivity index is 2.14. The Morgan fingerprint density at radius 3 is 2.43 bits per heavy atom. The fraction of sp³-hybridized carbons (Fsp3) is 0.625. The molecular weight excluding hydrogens is 286 g/mol. The van der Waals surface area contributed by atoms with Gasteiger partial charge in [0, 0.05) is 6.04 Å². The van der Waals surface area contributed by atoms with Gasteiger partial charge in [0.05, 0.1) is 17.6 Å².